The molecule has 1 aliphatic heterocycles. The van der Waals surface area contributed by atoms with Gasteiger partial charge in [0.25, 0.3) is 0 Å². The Balaban J connectivity index is 1.25. The third-order valence-electron chi connectivity index (χ3n) is 8.12. The zero-order valence-electron chi connectivity index (χ0n) is 22.7. The molecule has 1 fully saturated rings. The fourth-order valence-electron chi connectivity index (χ4n) is 5.92. The van der Waals surface area contributed by atoms with Gasteiger partial charge in [-0.15, -0.1) is 0 Å². The molecular formula is C34H33N3O3. The van der Waals surface area contributed by atoms with E-state index in [2.05, 4.69) is 45.5 Å². The zero-order chi connectivity index (χ0) is 27.5. The van der Waals surface area contributed by atoms with E-state index in [0.29, 0.717) is 18.0 Å². The monoisotopic (exact) mass is 531 g/mol. The number of esters is 1. The Morgan fingerprint density at radius 3 is 2.67 bits per heavy atom. The molecule has 1 N–H and O–H groups in total. The molecule has 1 saturated carbocycles. The molecule has 6 rings (SSSR count). The van der Waals surface area contributed by atoms with Gasteiger partial charge in [0.2, 0.25) is 5.91 Å². The number of amides is 1. The summed E-state index contributed by atoms with van der Waals surface area (Å²) in [6, 6.07) is 26.3. The molecule has 4 aromatic rings. The quantitative estimate of drug-likeness (QED) is 0.304. The molecule has 2 atom stereocenters. The van der Waals surface area contributed by atoms with E-state index in [-0.39, 0.29) is 17.8 Å². The van der Waals surface area contributed by atoms with Crippen molar-refractivity contribution < 1.29 is 14.3 Å². The van der Waals surface area contributed by atoms with E-state index in [0.717, 1.165) is 49.2 Å². The number of pyridine rings is 1. The molecule has 2 heterocycles. The maximum atomic E-state index is 13.1. The SMILES string of the molecule is COC(=O)c1cccc(-c2ccc(CNC(=O)C3CC3c3ccccc3)c3c2CCN(Cc2cccnc2)C3)c1. The molecule has 0 bridgehead atoms. The van der Waals surface area contributed by atoms with Crippen molar-refractivity contribution in [3.8, 4) is 11.1 Å². The van der Waals surface area contributed by atoms with Crippen LogP contribution in [0.1, 0.15) is 50.5 Å². The lowest BCUT2D eigenvalue weighted by molar-refractivity contribution is -0.122. The number of fused-ring (bicyclic) bond motifs is 1. The summed E-state index contributed by atoms with van der Waals surface area (Å²) in [6.45, 7) is 3.03. The van der Waals surface area contributed by atoms with E-state index in [1.807, 2.05) is 48.7 Å². The number of aromatic nitrogens is 1. The van der Waals surface area contributed by atoms with E-state index < -0.39 is 0 Å². The summed E-state index contributed by atoms with van der Waals surface area (Å²) in [5.41, 5.74) is 8.77. The van der Waals surface area contributed by atoms with E-state index in [4.69, 9.17) is 4.74 Å². The standard InChI is InChI=1S/C34H33N3O3/c1-40-34(39)26-11-5-10-25(17-26)28-13-12-27(20-36-33(38)31-18-30(31)24-8-3-2-4-9-24)32-22-37(16-14-29(28)32)21-23-7-6-15-35-19-23/h2-13,15,17,19,30-31H,14,16,18,20-22H2,1H3,(H,36,38). The molecule has 0 radical (unpaired) electrons. The van der Waals surface area contributed by atoms with Crippen LogP contribution in [0.5, 0.6) is 0 Å². The van der Waals surface area contributed by atoms with Crippen molar-refractivity contribution in [1.29, 1.82) is 0 Å². The van der Waals surface area contributed by atoms with Crippen LogP contribution in [0.2, 0.25) is 0 Å². The molecule has 202 valence electrons. The number of hydrogen-bond donors (Lipinski definition) is 1. The van der Waals surface area contributed by atoms with Crippen molar-refractivity contribution >= 4 is 11.9 Å². The Kier molecular flexibility index (Phi) is 7.43. The van der Waals surface area contributed by atoms with Gasteiger partial charge in [-0.2, -0.15) is 0 Å². The van der Waals surface area contributed by atoms with Crippen LogP contribution in [0.4, 0.5) is 0 Å². The predicted octanol–water partition coefficient (Wildman–Crippen LogP) is 5.51. The molecule has 6 nitrogen and oxygen atoms in total. The summed E-state index contributed by atoms with van der Waals surface area (Å²) in [6.07, 6.45) is 5.51. The molecule has 1 amide bonds. The van der Waals surface area contributed by atoms with E-state index in [1.54, 1.807) is 12.3 Å². The van der Waals surface area contributed by atoms with Crippen molar-refractivity contribution in [2.45, 2.75) is 38.4 Å². The van der Waals surface area contributed by atoms with Crippen LogP contribution in [0.25, 0.3) is 11.1 Å². The van der Waals surface area contributed by atoms with Crippen LogP contribution >= 0.6 is 0 Å². The first-order chi connectivity index (χ1) is 19.6. The molecule has 3 aromatic carbocycles. The van der Waals surface area contributed by atoms with Gasteiger partial charge in [-0.3, -0.25) is 14.7 Å². The lowest BCUT2D eigenvalue weighted by Gasteiger charge is -2.32. The van der Waals surface area contributed by atoms with Crippen molar-refractivity contribution in [1.82, 2.24) is 15.2 Å². The molecule has 0 spiro atoms. The average Bonchev–Trinajstić information content (AvgIpc) is 3.82. The van der Waals surface area contributed by atoms with Gasteiger partial charge in [0.15, 0.2) is 0 Å². The topological polar surface area (TPSA) is 71.5 Å². The first kappa shape index (κ1) is 26.0. The van der Waals surface area contributed by atoms with Gasteiger partial charge in [0.05, 0.1) is 12.7 Å². The van der Waals surface area contributed by atoms with Crippen molar-refractivity contribution in [3.63, 3.8) is 0 Å². The predicted molar refractivity (Wildman–Crippen MR) is 154 cm³/mol. The maximum Gasteiger partial charge on any atom is 0.337 e. The van der Waals surface area contributed by atoms with Crippen LogP contribution in [0.15, 0.2) is 91.3 Å². The van der Waals surface area contributed by atoms with Crippen molar-refractivity contribution in [3.05, 3.63) is 125 Å². The zero-order valence-corrected chi connectivity index (χ0v) is 22.7. The minimum Gasteiger partial charge on any atom is -0.465 e. The van der Waals surface area contributed by atoms with Gasteiger partial charge in [-0.1, -0.05) is 60.7 Å². The molecule has 6 heteroatoms. The summed E-state index contributed by atoms with van der Waals surface area (Å²) in [5.74, 6) is 0.141. The fourth-order valence-corrected chi connectivity index (χ4v) is 5.92. The summed E-state index contributed by atoms with van der Waals surface area (Å²) in [7, 11) is 1.40. The van der Waals surface area contributed by atoms with Gasteiger partial charge >= 0.3 is 5.97 Å². The number of benzene rings is 3. The van der Waals surface area contributed by atoms with Crippen LogP contribution < -0.4 is 5.32 Å². The number of carbonyl (C=O) groups is 2. The molecular weight excluding hydrogens is 498 g/mol. The van der Waals surface area contributed by atoms with Gasteiger partial charge in [-0.25, -0.2) is 4.79 Å². The average molecular weight is 532 g/mol. The van der Waals surface area contributed by atoms with E-state index in [1.165, 1.54) is 29.4 Å². The Morgan fingerprint density at radius 1 is 1.00 bits per heavy atom. The van der Waals surface area contributed by atoms with Gasteiger partial charge in [-0.05, 0) is 75.9 Å². The summed E-state index contributed by atoms with van der Waals surface area (Å²) in [5, 5.41) is 3.24. The Hall–Kier alpha value is -4.29. The van der Waals surface area contributed by atoms with Crippen LogP contribution in [0, 0.1) is 5.92 Å². The van der Waals surface area contributed by atoms with Crippen molar-refractivity contribution in [2.75, 3.05) is 13.7 Å². The highest BCUT2D eigenvalue weighted by molar-refractivity contribution is 5.91. The highest BCUT2D eigenvalue weighted by atomic mass is 16.5. The molecule has 2 aliphatic rings. The highest BCUT2D eigenvalue weighted by Gasteiger charge is 2.43. The molecule has 1 aromatic heterocycles. The number of rotatable bonds is 8. The first-order valence-electron chi connectivity index (χ1n) is 13.9. The number of ether oxygens (including phenoxy) is 1. The molecule has 1 aliphatic carbocycles. The van der Waals surface area contributed by atoms with E-state index in [9.17, 15) is 9.59 Å². The summed E-state index contributed by atoms with van der Waals surface area (Å²) in [4.78, 5) is 32.0. The van der Waals surface area contributed by atoms with Crippen LogP contribution in [0.3, 0.4) is 0 Å². The lowest BCUT2D eigenvalue weighted by Crippen LogP contribution is -2.32. The molecule has 40 heavy (non-hydrogen) atoms. The number of methoxy groups -OCH3 is 1. The largest absolute Gasteiger partial charge is 0.465 e. The summed E-state index contributed by atoms with van der Waals surface area (Å²) >= 11 is 0. The Bertz CT molecular complexity index is 1520. The van der Waals surface area contributed by atoms with E-state index >= 15 is 0 Å². The fraction of sp³-hybridized carbons (Fsp3) is 0.265. The summed E-state index contributed by atoms with van der Waals surface area (Å²) < 4.78 is 4.95. The normalized spacial score (nSPS) is 18.0. The Labute approximate surface area is 235 Å². The van der Waals surface area contributed by atoms with Gasteiger partial charge in [0.1, 0.15) is 0 Å². The van der Waals surface area contributed by atoms with Gasteiger partial charge in [0, 0.05) is 44.5 Å². The lowest BCUT2D eigenvalue weighted by atomic mass is 9.87. The second-order valence-electron chi connectivity index (χ2n) is 10.7. The van der Waals surface area contributed by atoms with Crippen molar-refractivity contribution in [2.24, 2.45) is 5.92 Å². The van der Waals surface area contributed by atoms with Crippen LogP contribution in [-0.4, -0.2) is 35.4 Å². The Morgan fingerprint density at radius 2 is 1.88 bits per heavy atom. The number of nitrogens with zero attached hydrogens (tertiary/aromatic N) is 2. The minimum absolute atomic E-state index is 0.0423. The van der Waals surface area contributed by atoms with Crippen LogP contribution in [-0.2, 0) is 35.6 Å². The second-order valence-corrected chi connectivity index (χ2v) is 10.7. The minimum atomic E-state index is -0.341. The van der Waals surface area contributed by atoms with Gasteiger partial charge < -0.3 is 10.1 Å². The number of hydrogen-bond acceptors (Lipinski definition) is 5. The molecule has 2 unspecified atom stereocenters. The highest BCUT2D eigenvalue weighted by Crippen LogP contribution is 2.47. The third kappa shape index (κ3) is 5.54. The second kappa shape index (κ2) is 11.4. The maximum absolute atomic E-state index is 13.1. The number of nitrogens with one attached hydrogen (secondary N) is 1. The third-order valence-corrected chi connectivity index (χ3v) is 8.12. The smallest absolute Gasteiger partial charge is 0.337 e. The molecule has 0 saturated heterocycles. The number of carbonyl (C=O) groups excluding carboxylic acids is 2. The first-order valence-corrected chi connectivity index (χ1v) is 13.9.